The third kappa shape index (κ3) is 4.49. The van der Waals surface area contributed by atoms with E-state index in [1.807, 2.05) is 25.1 Å². The van der Waals surface area contributed by atoms with Crippen LogP contribution in [0, 0.1) is 13.8 Å². The first kappa shape index (κ1) is 18.3. The molecule has 24 heavy (non-hydrogen) atoms. The van der Waals surface area contributed by atoms with E-state index in [0.717, 1.165) is 16.1 Å². The van der Waals surface area contributed by atoms with Gasteiger partial charge >= 0.3 is 0 Å². The fourth-order valence-electron chi connectivity index (χ4n) is 2.30. The van der Waals surface area contributed by atoms with Crippen molar-refractivity contribution < 1.29 is 13.2 Å². The van der Waals surface area contributed by atoms with E-state index in [9.17, 15) is 13.2 Å². The Morgan fingerprint density at radius 2 is 1.83 bits per heavy atom. The smallest absolute Gasteiger partial charge is 0.245 e. The van der Waals surface area contributed by atoms with Crippen molar-refractivity contribution >= 4 is 38.9 Å². The summed E-state index contributed by atoms with van der Waals surface area (Å²) in [7, 11) is -3.64. The second kappa shape index (κ2) is 7.23. The highest BCUT2D eigenvalue weighted by atomic mass is 35.5. The van der Waals surface area contributed by atoms with Crippen LogP contribution in [0.25, 0.3) is 0 Å². The third-order valence-electron chi connectivity index (χ3n) is 3.50. The Kier molecular flexibility index (Phi) is 5.51. The van der Waals surface area contributed by atoms with Gasteiger partial charge in [-0.1, -0.05) is 29.8 Å². The van der Waals surface area contributed by atoms with Gasteiger partial charge in [0.05, 0.1) is 11.9 Å². The molecule has 128 valence electrons. The minimum Gasteiger partial charge on any atom is -0.325 e. The fourth-order valence-corrected chi connectivity index (χ4v) is 3.38. The summed E-state index contributed by atoms with van der Waals surface area (Å²) < 4.78 is 25.3. The number of nitrogens with one attached hydrogen (secondary N) is 1. The van der Waals surface area contributed by atoms with Crippen LogP contribution < -0.4 is 9.62 Å². The number of halogens is 1. The molecule has 0 fully saturated rings. The summed E-state index contributed by atoms with van der Waals surface area (Å²) in [6.45, 7) is 3.30. The summed E-state index contributed by atoms with van der Waals surface area (Å²) in [5.74, 6) is -0.426. The number of carbonyl (C=O) groups is 1. The molecule has 0 aliphatic carbocycles. The maximum Gasteiger partial charge on any atom is 0.245 e. The molecule has 0 aromatic heterocycles. The lowest BCUT2D eigenvalue weighted by molar-refractivity contribution is -0.114. The van der Waals surface area contributed by atoms with Crippen molar-refractivity contribution in [1.82, 2.24) is 0 Å². The zero-order valence-corrected chi connectivity index (χ0v) is 15.3. The van der Waals surface area contributed by atoms with Gasteiger partial charge in [0.25, 0.3) is 0 Å². The second-order valence-electron chi connectivity index (χ2n) is 5.57. The normalized spacial score (nSPS) is 11.2. The summed E-state index contributed by atoms with van der Waals surface area (Å²) in [5.41, 5.74) is 2.62. The molecule has 2 rings (SSSR count). The molecule has 7 heteroatoms. The largest absolute Gasteiger partial charge is 0.325 e. The van der Waals surface area contributed by atoms with Crippen molar-refractivity contribution in [2.24, 2.45) is 0 Å². The van der Waals surface area contributed by atoms with E-state index in [4.69, 9.17) is 11.6 Å². The van der Waals surface area contributed by atoms with Crippen molar-refractivity contribution in [3.63, 3.8) is 0 Å². The molecular formula is C17H19ClN2O3S. The van der Waals surface area contributed by atoms with E-state index in [1.165, 1.54) is 0 Å². The Bertz CT molecular complexity index is 866. The molecule has 0 heterocycles. The van der Waals surface area contributed by atoms with Crippen LogP contribution in [0.1, 0.15) is 11.1 Å². The molecule has 0 aliphatic rings. The highest BCUT2D eigenvalue weighted by Crippen LogP contribution is 2.28. The average molecular weight is 367 g/mol. The minimum atomic E-state index is -3.64. The first-order valence-corrected chi connectivity index (χ1v) is 9.50. The van der Waals surface area contributed by atoms with E-state index >= 15 is 0 Å². The molecule has 0 atom stereocenters. The Labute approximate surface area is 147 Å². The molecule has 0 aliphatic heterocycles. The highest BCUT2D eigenvalue weighted by Gasteiger charge is 2.23. The SMILES string of the molecule is Cc1cccc(NC(=O)CN(c2cccc(Cl)c2C)S(C)(=O)=O)c1. The Morgan fingerprint density at radius 1 is 1.17 bits per heavy atom. The second-order valence-corrected chi connectivity index (χ2v) is 7.89. The van der Waals surface area contributed by atoms with Gasteiger partial charge in [0.1, 0.15) is 6.54 Å². The zero-order valence-electron chi connectivity index (χ0n) is 13.7. The number of benzene rings is 2. The minimum absolute atomic E-state index is 0.325. The average Bonchev–Trinajstić information content (AvgIpc) is 2.47. The molecule has 0 bridgehead atoms. The Morgan fingerprint density at radius 3 is 2.46 bits per heavy atom. The van der Waals surface area contributed by atoms with Crippen molar-refractivity contribution in [1.29, 1.82) is 0 Å². The van der Waals surface area contributed by atoms with E-state index in [-0.39, 0.29) is 6.54 Å². The first-order chi connectivity index (χ1) is 11.2. The topological polar surface area (TPSA) is 66.5 Å². The lowest BCUT2D eigenvalue weighted by Crippen LogP contribution is -2.37. The monoisotopic (exact) mass is 366 g/mol. The van der Waals surface area contributed by atoms with Crippen LogP contribution in [0.5, 0.6) is 0 Å². The number of anilines is 2. The molecule has 0 radical (unpaired) electrons. The molecule has 5 nitrogen and oxygen atoms in total. The van der Waals surface area contributed by atoms with Crippen LogP contribution in [0.15, 0.2) is 42.5 Å². The molecule has 0 saturated carbocycles. The summed E-state index contributed by atoms with van der Waals surface area (Å²) in [6.07, 6.45) is 1.06. The van der Waals surface area contributed by atoms with E-state index in [2.05, 4.69) is 5.32 Å². The Hall–Kier alpha value is -2.05. The van der Waals surface area contributed by atoms with Crippen LogP contribution >= 0.6 is 11.6 Å². The van der Waals surface area contributed by atoms with Crippen molar-refractivity contribution in [3.05, 3.63) is 58.6 Å². The van der Waals surface area contributed by atoms with Gasteiger partial charge < -0.3 is 5.32 Å². The number of carbonyl (C=O) groups excluding carboxylic acids is 1. The van der Waals surface area contributed by atoms with Crippen LogP contribution in [-0.4, -0.2) is 27.1 Å². The predicted molar refractivity (Wildman–Crippen MR) is 98.2 cm³/mol. The fraction of sp³-hybridized carbons (Fsp3) is 0.235. The zero-order chi connectivity index (χ0) is 17.9. The summed E-state index contributed by atoms with van der Waals surface area (Å²) in [4.78, 5) is 12.3. The van der Waals surface area contributed by atoms with Crippen LogP contribution in [-0.2, 0) is 14.8 Å². The molecular weight excluding hydrogens is 348 g/mol. The van der Waals surface area contributed by atoms with E-state index < -0.39 is 15.9 Å². The third-order valence-corrected chi connectivity index (χ3v) is 5.03. The molecule has 0 saturated heterocycles. The van der Waals surface area contributed by atoms with Crippen LogP contribution in [0.2, 0.25) is 5.02 Å². The summed E-state index contributed by atoms with van der Waals surface area (Å²) >= 11 is 6.07. The predicted octanol–water partition coefficient (Wildman–Crippen LogP) is 3.36. The van der Waals surface area contributed by atoms with Crippen molar-refractivity contribution in [3.8, 4) is 0 Å². The van der Waals surface area contributed by atoms with Gasteiger partial charge in [-0.15, -0.1) is 0 Å². The van der Waals surface area contributed by atoms with Crippen LogP contribution in [0.3, 0.4) is 0 Å². The lowest BCUT2D eigenvalue weighted by atomic mass is 10.2. The van der Waals surface area contributed by atoms with Gasteiger partial charge in [-0.2, -0.15) is 0 Å². The number of hydrogen-bond donors (Lipinski definition) is 1. The molecule has 1 N–H and O–H groups in total. The van der Waals surface area contributed by atoms with Gasteiger partial charge in [0.15, 0.2) is 0 Å². The quantitative estimate of drug-likeness (QED) is 0.882. The van der Waals surface area contributed by atoms with Gasteiger partial charge in [-0.25, -0.2) is 8.42 Å². The highest BCUT2D eigenvalue weighted by molar-refractivity contribution is 7.92. The van der Waals surface area contributed by atoms with Gasteiger partial charge in [0.2, 0.25) is 15.9 Å². The number of amides is 1. The Balaban J connectivity index is 2.27. The van der Waals surface area contributed by atoms with Gasteiger partial charge in [0, 0.05) is 10.7 Å². The standard InChI is InChI=1S/C17H19ClN2O3S/c1-12-6-4-7-14(10-12)19-17(21)11-20(24(3,22)23)16-9-5-8-15(18)13(16)2/h4-10H,11H2,1-3H3,(H,19,21). The molecule has 2 aromatic carbocycles. The van der Waals surface area contributed by atoms with Crippen LogP contribution in [0.4, 0.5) is 11.4 Å². The molecule has 1 amide bonds. The van der Waals surface area contributed by atoms with E-state index in [1.54, 1.807) is 31.2 Å². The maximum atomic E-state index is 12.3. The summed E-state index contributed by atoms with van der Waals surface area (Å²) in [5, 5.41) is 3.16. The number of aryl methyl sites for hydroxylation is 1. The van der Waals surface area contributed by atoms with Crippen molar-refractivity contribution in [2.45, 2.75) is 13.8 Å². The number of hydrogen-bond acceptors (Lipinski definition) is 3. The number of nitrogens with zero attached hydrogens (tertiary/aromatic N) is 1. The lowest BCUT2D eigenvalue weighted by Gasteiger charge is -2.24. The molecule has 0 spiro atoms. The summed E-state index contributed by atoms with van der Waals surface area (Å²) in [6, 6.07) is 12.2. The maximum absolute atomic E-state index is 12.3. The number of sulfonamides is 1. The van der Waals surface area contributed by atoms with Gasteiger partial charge in [-0.3, -0.25) is 9.10 Å². The molecule has 2 aromatic rings. The van der Waals surface area contributed by atoms with E-state index in [0.29, 0.717) is 22.0 Å². The number of rotatable bonds is 5. The first-order valence-electron chi connectivity index (χ1n) is 7.28. The molecule has 0 unspecified atom stereocenters. The van der Waals surface area contributed by atoms with Gasteiger partial charge in [-0.05, 0) is 49.2 Å². The van der Waals surface area contributed by atoms with Crippen molar-refractivity contribution in [2.75, 3.05) is 22.4 Å².